The zero-order valence-corrected chi connectivity index (χ0v) is 17.8. The number of amides is 1. The van der Waals surface area contributed by atoms with Crippen molar-refractivity contribution < 1.29 is 9.21 Å². The first kappa shape index (κ1) is 19.4. The standard InChI is InChI=1S/C21H21N7O2S/c1-15-7-8-18(30-15)20-22-16(14-31-20)13-19(29)26-9-11-27(12-10-26)21-23-24-25-28(21)17-5-3-2-4-6-17/h2-8,14H,9-13H2,1H3. The molecule has 0 aliphatic carbocycles. The van der Waals surface area contributed by atoms with Crippen LogP contribution in [-0.2, 0) is 11.2 Å². The maximum Gasteiger partial charge on any atom is 0.250 e. The summed E-state index contributed by atoms with van der Waals surface area (Å²) in [6, 6.07) is 13.6. The SMILES string of the molecule is Cc1ccc(-c2nc(CC(=O)N3CCN(c4nnnn4-c4ccccc4)CC3)cs2)o1. The molecule has 1 fully saturated rings. The van der Waals surface area contributed by atoms with Crippen molar-refractivity contribution in [2.24, 2.45) is 0 Å². The van der Waals surface area contributed by atoms with Gasteiger partial charge in [-0.3, -0.25) is 4.79 Å². The van der Waals surface area contributed by atoms with Gasteiger partial charge >= 0.3 is 0 Å². The minimum atomic E-state index is 0.0785. The first-order valence-corrected chi connectivity index (χ1v) is 10.9. The van der Waals surface area contributed by atoms with Gasteiger partial charge in [-0.05, 0) is 41.6 Å². The Morgan fingerprint density at radius 2 is 1.90 bits per heavy atom. The van der Waals surface area contributed by atoms with E-state index in [9.17, 15) is 4.79 Å². The minimum Gasteiger partial charge on any atom is -0.459 e. The van der Waals surface area contributed by atoms with Crippen LogP contribution in [0.25, 0.3) is 16.5 Å². The number of nitrogens with zero attached hydrogens (tertiary/aromatic N) is 7. The number of carbonyl (C=O) groups excluding carboxylic acids is 1. The second-order valence-electron chi connectivity index (χ2n) is 7.33. The molecule has 0 radical (unpaired) electrons. The van der Waals surface area contributed by atoms with Gasteiger partial charge in [-0.2, -0.15) is 4.68 Å². The van der Waals surface area contributed by atoms with Crippen LogP contribution < -0.4 is 4.90 Å². The lowest BCUT2D eigenvalue weighted by Gasteiger charge is -2.34. The van der Waals surface area contributed by atoms with Crippen molar-refractivity contribution in [1.29, 1.82) is 0 Å². The summed E-state index contributed by atoms with van der Waals surface area (Å²) >= 11 is 1.49. The normalized spacial score (nSPS) is 14.2. The van der Waals surface area contributed by atoms with Gasteiger partial charge < -0.3 is 14.2 Å². The predicted molar refractivity (Wildman–Crippen MR) is 116 cm³/mol. The fourth-order valence-electron chi connectivity index (χ4n) is 3.59. The van der Waals surface area contributed by atoms with E-state index in [2.05, 4.69) is 25.4 Å². The van der Waals surface area contributed by atoms with Crippen molar-refractivity contribution in [2.45, 2.75) is 13.3 Å². The van der Waals surface area contributed by atoms with Gasteiger partial charge in [-0.15, -0.1) is 11.3 Å². The highest BCUT2D eigenvalue weighted by molar-refractivity contribution is 7.13. The van der Waals surface area contributed by atoms with Crippen LogP contribution in [0.3, 0.4) is 0 Å². The number of furan rings is 1. The molecule has 158 valence electrons. The van der Waals surface area contributed by atoms with E-state index >= 15 is 0 Å². The smallest absolute Gasteiger partial charge is 0.250 e. The second-order valence-corrected chi connectivity index (χ2v) is 8.18. The molecule has 0 N–H and O–H groups in total. The van der Waals surface area contributed by atoms with Crippen molar-refractivity contribution in [3.05, 3.63) is 59.3 Å². The Morgan fingerprint density at radius 1 is 1.10 bits per heavy atom. The summed E-state index contributed by atoms with van der Waals surface area (Å²) in [5.41, 5.74) is 1.68. The van der Waals surface area contributed by atoms with Gasteiger partial charge in [0.05, 0.1) is 17.8 Å². The maximum absolute atomic E-state index is 12.8. The number of thiazole rings is 1. The third-order valence-corrected chi connectivity index (χ3v) is 6.11. The van der Waals surface area contributed by atoms with Crippen molar-refractivity contribution in [2.75, 3.05) is 31.1 Å². The van der Waals surface area contributed by atoms with Gasteiger partial charge in [0.25, 0.3) is 0 Å². The van der Waals surface area contributed by atoms with Crippen molar-refractivity contribution >= 4 is 23.2 Å². The van der Waals surface area contributed by atoms with Crippen LogP contribution in [0.5, 0.6) is 0 Å². The van der Waals surface area contributed by atoms with Crippen LogP contribution in [0, 0.1) is 6.92 Å². The molecule has 0 bridgehead atoms. The third kappa shape index (κ3) is 4.06. The first-order chi connectivity index (χ1) is 15.2. The average Bonchev–Trinajstić information content (AvgIpc) is 3.55. The lowest BCUT2D eigenvalue weighted by Crippen LogP contribution is -2.50. The summed E-state index contributed by atoms with van der Waals surface area (Å²) in [6.45, 7) is 4.49. The topological polar surface area (TPSA) is 93.2 Å². The second kappa shape index (κ2) is 8.31. The molecule has 0 spiro atoms. The van der Waals surface area contributed by atoms with E-state index in [1.165, 1.54) is 11.3 Å². The molecule has 0 saturated carbocycles. The van der Waals surface area contributed by atoms with Crippen LogP contribution in [-0.4, -0.2) is 62.2 Å². The van der Waals surface area contributed by atoms with Crippen LogP contribution in [0.1, 0.15) is 11.5 Å². The number of carbonyl (C=O) groups is 1. The van der Waals surface area contributed by atoms with E-state index < -0.39 is 0 Å². The van der Waals surface area contributed by atoms with E-state index in [0.29, 0.717) is 32.1 Å². The number of tetrazole rings is 1. The molecule has 5 rings (SSSR count). The number of benzene rings is 1. The van der Waals surface area contributed by atoms with E-state index in [1.54, 1.807) is 4.68 Å². The lowest BCUT2D eigenvalue weighted by molar-refractivity contribution is -0.130. The molecule has 9 nitrogen and oxygen atoms in total. The number of hydrogen-bond acceptors (Lipinski definition) is 8. The predicted octanol–water partition coefficient (Wildman–Crippen LogP) is 2.58. The molecular formula is C21H21N7O2S. The number of piperazine rings is 1. The largest absolute Gasteiger partial charge is 0.459 e. The summed E-state index contributed by atoms with van der Waals surface area (Å²) in [5.74, 6) is 2.36. The van der Waals surface area contributed by atoms with E-state index in [-0.39, 0.29) is 12.3 Å². The molecular weight excluding hydrogens is 414 g/mol. The van der Waals surface area contributed by atoms with Gasteiger partial charge in [0.15, 0.2) is 10.8 Å². The molecule has 1 aliphatic heterocycles. The van der Waals surface area contributed by atoms with Gasteiger partial charge in [0, 0.05) is 31.6 Å². The molecule has 31 heavy (non-hydrogen) atoms. The zero-order chi connectivity index (χ0) is 21.2. The number of rotatable bonds is 5. The van der Waals surface area contributed by atoms with E-state index in [1.807, 2.05) is 59.7 Å². The number of para-hydroxylation sites is 1. The van der Waals surface area contributed by atoms with E-state index in [4.69, 9.17) is 4.42 Å². The number of hydrogen-bond donors (Lipinski definition) is 0. The van der Waals surface area contributed by atoms with Crippen LogP contribution in [0.2, 0.25) is 0 Å². The highest BCUT2D eigenvalue weighted by Gasteiger charge is 2.25. The molecule has 1 aliphatic rings. The van der Waals surface area contributed by atoms with E-state index in [0.717, 1.165) is 27.9 Å². The quantitative estimate of drug-likeness (QED) is 0.476. The van der Waals surface area contributed by atoms with Crippen LogP contribution in [0.4, 0.5) is 5.95 Å². The summed E-state index contributed by atoms with van der Waals surface area (Å²) in [7, 11) is 0. The molecule has 1 saturated heterocycles. The molecule has 4 aromatic rings. The van der Waals surface area contributed by atoms with Crippen molar-refractivity contribution in [1.82, 2.24) is 30.1 Å². The molecule has 0 atom stereocenters. The molecule has 1 aromatic carbocycles. The summed E-state index contributed by atoms with van der Waals surface area (Å²) < 4.78 is 7.35. The monoisotopic (exact) mass is 435 g/mol. The Kier molecular flexibility index (Phi) is 5.21. The molecule has 1 amide bonds. The lowest BCUT2D eigenvalue weighted by atomic mass is 10.2. The van der Waals surface area contributed by atoms with Gasteiger partial charge in [-0.25, -0.2) is 4.98 Å². The number of anilines is 1. The number of aromatic nitrogens is 5. The number of aryl methyl sites for hydroxylation is 1. The van der Waals surface area contributed by atoms with Gasteiger partial charge in [0.1, 0.15) is 5.76 Å². The highest BCUT2D eigenvalue weighted by atomic mass is 32.1. The van der Waals surface area contributed by atoms with Crippen LogP contribution in [0.15, 0.2) is 52.3 Å². The Morgan fingerprint density at radius 3 is 2.65 bits per heavy atom. The van der Waals surface area contributed by atoms with Gasteiger partial charge in [-0.1, -0.05) is 23.3 Å². The molecule has 0 unspecified atom stereocenters. The maximum atomic E-state index is 12.8. The summed E-state index contributed by atoms with van der Waals surface area (Å²) in [4.78, 5) is 21.4. The van der Waals surface area contributed by atoms with Gasteiger partial charge in [0.2, 0.25) is 11.9 Å². The molecule has 4 heterocycles. The summed E-state index contributed by atoms with van der Waals surface area (Å²) in [5, 5.41) is 14.9. The minimum absolute atomic E-state index is 0.0785. The average molecular weight is 436 g/mol. The summed E-state index contributed by atoms with van der Waals surface area (Å²) in [6.07, 6.45) is 0.290. The Hall–Kier alpha value is -3.53. The fraction of sp³-hybridized carbons (Fsp3) is 0.286. The Bertz CT molecular complexity index is 1180. The van der Waals surface area contributed by atoms with Crippen molar-refractivity contribution in [3.63, 3.8) is 0 Å². The highest BCUT2D eigenvalue weighted by Crippen LogP contribution is 2.26. The Balaban J connectivity index is 1.20. The molecule has 10 heteroatoms. The fourth-order valence-corrected chi connectivity index (χ4v) is 4.37. The van der Waals surface area contributed by atoms with Crippen LogP contribution >= 0.6 is 11.3 Å². The third-order valence-electron chi connectivity index (χ3n) is 5.20. The molecule has 3 aromatic heterocycles. The van der Waals surface area contributed by atoms with Crippen molar-refractivity contribution in [3.8, 4) is 16.5 Å². The zero-order valence-electron chi connectivity index (χ0n) is 17.0. The first-order valence-electron chi connectivity index (χ1n) is 10.0. The Labute approximate surface area is 182 Å².